The normalized spacial score (nSPS) is 15.7. The smallest absolute Gasteiger partial charge is 0.0517 e. The minimum absolute atomic E-state index is 0. The molecule has 1 aromatic carbocycles. The lowest BCUT2D eigenvalue weighted by Gasteiger charge is -2.48. The van der Waals surface area contributed by atoms with Gasteiger partial charge in [-0.3, -0.25) is 0 Å². The largest absolute Gasteiger partial charge is 0.550 e. The topological polar surface area (TPSA) is 96.9 Å². The van der Waals surface area contributed by atoms with Gasteiger partial charge in [-0.15, -0.1) is 0 Å². The van der Waals surface area contributed by atoms with Crippen molar-refractivity contribution >= 4 is 5.97 Å². The summed E-state index contributed by atoms with van der Waals surface area (Å²) in [5.74, 6) is -1.06. The molecule has 0 amide bonds. The molecule has 0 saturated heterocycles. The van der Waals surface area contributed by atoms with Crippen molar-refractivity contribution in [1.29, 1.82) is 0 Å². The number of carbonyl (C=O) groups is 1. The Bertz CT molecular complexity index is 443. The maximum absolute atomic E-state index is 11.6. The van der Waals surface area contributed by atoms with Gasteiger partial charge in [-0.1, -0.05) is 51.1 Å². The Morgan fingerprint density at radius 1 is 1.29 bits per heavy atom. The molecule has 0 fully saturated rings. The van der Waals surface area contributed by atoms with E-state index >= 15 is 0 Å². The fraction of sp³-hybridized carbons (Fsp3) is 0.588. The third-order valence-electron chi connectivity index (χ3n) is 4.58. The molecule has 0 spiro atoms. The van der Waals surface area contributed by atoms with Crippen LogP contribution in [-0.4, -0.2) is 17.2 Å². The van der Waals surface area contributed by atoms with Crippen molar-refractivity contribution in [3.05, 3.63) is 35.9 Å². The van der Waals surface area contributed by atoms with Crippen molar-refractivity contribution in [2.24, 2.45) is 10.8 Å². The molecule has 4 heteroatoms. The summed E-state index contributed by atoms with van der Waals surface area (Å²) >= 11 is 0. The Kier molecular flexibility index (Phi) is 7.07. The van der Waals surface area contributed by atoms with Crippen molar-refractivity contribution in [1.82, 2.24) is 6.15 Å². The van der Waals surface area contributed by atoms with E-state index in [-0.39, 0.29) is 6.15 Å². The summed E-state index contributed by atoms with van der Waals surface area (Å²) in [6.07, 6.45) is 1.20. The van der Waals surface area contributed by atoms with Crippen molar-refractivity contribution in [3.63, 3.8) is 0 Å². The summed E-state index contributed by atoms with van der Waals surface area (Å²) in [4.78, 5) is 11.6. The van der Waals surface area contributed by atoms with E-state index in [1.807, 2.05) is 37.3 Å². The lowest BCUT2D eigenvalue weighted by atomic mass is 9.58. The van der Waals surface area contributed by atoms with E-state index in [1.165, 1.54) is 0 Å². The fourth-order valence-corrected chi connectivity index (χ4v) is 3.03. The lowest BCUT2D eigenvalue weighted by Crippen LogP contribution is -2.52. The first-order valence-corrected chi connectivity index (χ1v) is 7.18. The molecule has 0 heterocycles. The third-order valence-corrected chi connectivity index (χ3v) is 4.58. The number of rotatable bonds is 7. The van der Waals surface area contributed by atoms with Gasteiger partial charge in [0.05, 0.1) is 6.10 Å². The molecular formula is C17H29NO3. The molecule has 0 aliphatic rings. The van der Waals surface area contributed by atoms with Gasteiger partial charge in [0.15, 0.2) is 0 Å². The molecule has 2 unspecified atom stereocenters. The molecule has 1 aromatic rings. The number of aliphatic hydroxyl groups excluding tert-OH is 1. The molecule has 5 N–H and O–H groups in total. The van der Waals surface area contributed by atoms with Crippen molar-refractivity contribution < 1.29 is 15.0 Å². The monoisotopic (exact) mass is 295 g/mol. The maximum atomic E-state index is 11.6. The Balaban J connectivity index is 0.00000400. The SMILES string of the molecule is CCC(Cc1ccccc1)(CC(C)O)C(C)(C)C(=O)[O-].[NH4+]. The van der Waals surface area contributed by atoms with Crippen LogP contribution in [0.2, 0.25) is 0 Å². The van der Waals surface area contributed by atoms with Crippen LogP contribution >= 0.6 is 0 Å². The minimum atomic E-state index is -1.06. The highest BCUT2D eigenvalue weighted by molar-refractivity contribution is 5.72. The molecule has 0 aliphatic carbocycles. The minimum Gasteiger partial charge on any atom is -0.550 e. The summed E-state index contributed by atoms with van der Waals surface area (Å²) in [6.45, 7) is 7.10. The van der Waals surface area contributed by atoms with Crippen LogP contribution in [0, 0.1) is 10.8 Å². The molecule has 0 aromatic heterocycles. The van der Waals surface area contributed by atoms with Gasteiger partial charge in [-0.05, 0) is 37.2 Å². The van der Waals surface area contributed by atoms with Gasteiger partial charge >= 0.3 is 0 Å². The molecule has 1 rings (SSSR count). The second-order valence-corrected chi connectivity index (χ2v) is 6.26. The molecule has 4 nitrogen and oxygen atoms in total. The highest BCUT2D eigenvalue weighted by Gasteiger charge is 2.45. The van der Waals surface area contributed by atoms with Crippen LogP contribution < -0.4 is 11.3 Å². The first kappa shape index (κ1) is 19.6. The Labute approximate surface area is 127 Å². The van der Waals surface area contributed by atoms with Crippen LogP contribution in [0.5, 0.6) is 0 Å². The summed E-state index contributed by atoms with van der Waals surface area (Å²) in [7, 11) is 0. The summed E-state index contributed by atoms with van der Waals surface area (Å²) in [6, 6.07) is 9.83. The van der Waals surface area contributed by atoms with Crippen LogP contribution in [0.15, 0.2) is 30.3 Å². The molecule has 0 bridgehead atoms. The zero-order valence-electron chi connectivity index (χ0n) is 13.8. The van der Waals surface area contributed by atoms with Crippen LogP contribution in [0.1, 0.15) is 46.1 Å². The van der Waals surface area contributed by atoms with Crippen LogP contribution in [0.3, 0.4) is 0 Å². The molecule has 120 valence electrons. The van der Waals surface area contributed by atoms with Crippen LogP contribution in [0.25, 0.3) is 0 Å². The number of hydrogen-bond acceptors (Lipinski definition) is 3. The lowest BCUT2D eigenvalue weighted by molar-refractivity contribution is -0.324. The Hall–Kier alpha value is -1.39. The van der Waals surface area contributed by atoms with E-state index in [2.05, 4.69) is 0 Å². The zero-order chi connectivity index (χ0) is 15.4. The average molecular weight is 295 g/mol. The molecule has 0 saturated carbocycles. The highest BCUT2D eigenvalue weighted by atomic mass is 16.4. The van der Waals surface area contributed by atoms with E-state index in [1.54, 1.807) is 20.8 Å². The Morgan fingerprint density at radius 3 is 2.19 bits per heavy atom. The summed E-state index contributed by atoms with van der Waals surface area (Å²) < 4.78 is 0. The predicted octanol–water partition coefficient (Wildman–Crippen LogP) is 2.55. The Morgan fingerprint density at radius 2 is 1.81 bits per heavy atom. The number of aliphatic hydroxyl groups is 1. The molecule has 21 heavy (non-hydrogen) atoms. The fourth-order valence-electron chi connectivity index (χ4n) is 3.03. The first-order valence-electron chi connectivity index (χ1n) is 7.18. The number of carbonyl (C=O) groups excluding carboxylic acids is 1. The molecular weight excluding hydrogens is 266 g/mol. The molecule has 2 atom stereocenters. The summed E-state index contributed by atoms with van der Waals surface area (Å²) in [5, 5.41) is 21.4. The quantitative estimate of drug-likeness (QED) is 0.809. The van der Waals surface area contributed by atoms with Gasteiger partial charge in [0.1, 0.15) is 0 Å². The van der Waals surface area contributed by atoms with Gasteiger partial charge < -0.3 is 21.2 Å². The van der Waals surface area contributed by atoms with Crippen molar-refractivity contribution in [2.45, 2.75) is 53.1 Å². The van der Waals surface area contributed by atoms with E-state index in [4.69, 9.17) is 0 Å². The van der Waals surface area contributed by atoms with E-state index in [0.29, 0.717) is 19.3 Å². The predicted molar refractivity (Wildman–Crippen MR) is 83.9 cm³/mol. The van der Waals surface area contributed by atoms with E-state index < -0.39 is 22.9 Å². The number of carboxylic acids is 1. The van der Waals surface area contributed by atoms with Gasteiger partial charge in [0.2, 0.25) is 0 Å². The van der Waals surface area contributed by atoms with Crippen LogP contribution in [-0.2, 0) is 11.2 Å². The standard InChI is InChI=1S/C17H26O3.H3N/c1-5-17(11-13(2)18,16(3,4)15(19)20)12-14-9-7-6-8-10-14;/h6-10,13,18H,5,11-12H2,1-4H3,(H,19,20);1H3. The van der Waals surface area contributed by atoms with E-state index in [0.717, 1.165) is 5.56 Å². The number of quaternary nitrogens is 1. The van der Waals surface area contributed by atoms with Crippen LogP contribution in [0.4, 0.5) is 0 Å². The zero-order valence-corrected chi connectivity index (χ0v) is 13.8. The third kappa shape index (κ3) is 4.29. The van der Waals surface area contributed by atoms with Crippen molar-refractivity contribution in [2.75, 3.05) is 0 Å². The number of benzene rings is 1. The maximum Gasteiger partial charge on any atom is 0.0517 e. The van der Waals surface area contributed by atoms with Gasteiger partial charge in [-0.25, -0.2) is 0 Å². The highest BCUT2D eigenvalue weighted by Crippen LogP contribution is 2.48. The van der Waals surface area contributed by atoms with Gasteiger partial charge in [-0.2, -0.15) is 0 Å². The van der Waals surface area contributed by atoms with Gasteiger partial charge in [0.25, 0.3) is 0 Å². The molecule has 0 aliphatic heterocycles. The number of carboxylic acid groups (broad SMARTS) is 1. The van der Waals surface area contributed by atoms with Gasteiger partial charge in [0, 0.05) is 11.4 Å². The first-order chi connectivity index (χ1) is 9.25. The van der Waals surface area contributed by atoms with E-state index in [9.17, 15) is 15.0 Å². The second kappa shape index (κ2) is 7.57. The number of hydrogen-bond donors (Lipinski definition) is 2. The second-order valence-electron chi connectivity index (χ2n) is 6.26. The number of aliphatic carboxylic acids is 1. The summed E-state index contributed by atoms with van der Waals surface area (Å²) in [5.41, 5.74) is -0.444. The van der Waals surface area contributed by atoms with Crippen molar-refractivity contribution in [3.8, 4) is 0 Å². The average Bonchev–Trinajstić information content (AvgIpc) is 2.38. The molecule has 0 radical (unpaired) electrons.